The predicted octanol–water partition coefficient (Wildman–Crippen LogP) is 0.998. The smallest absolute Gasteiger partial charge is 0.220 e. The highest BCUT2D eigenvalue weighted by Gasteiger charge is 2.34. The Morgan fingerprint density at radius 2 is 1.93 bits per heavy atom. The molecule has 2 rings (SSSR count). The lowest BCUT2D eigenvalue weighted by molar-refractivity contribution is -0.120. The molecule has 0 radical (unpaired) electrons. The number of hydrogen-bond donors (Lipinski definition) is 1. The van der Waals surface area contributed by atoms with E-state index in [1.165, 1.54) is 32.4 Å². The van der Waals surface area contributed by atoms with Crippen LogP contribution in [0.25, 0.3) is 0 Å². The first-order valence-corrected chi connectivity index (χ1v) is 5.66. The normalized spacial score (nSPS) is 28.5. The Balaban J connectivity index is 1.97. The van der Waals surface area contributed by atoms with E-state index in [9.17, 15) is 4.79 Å². The van der Waals surface area contributed by atoms with Crippen LogP contribution in [-0.2, 0) is 4.79 Å². The molecule has 1 spiro atoms. The summed E-state index contributed by atoms with van der Waals surface area (Å²) in [6.45, 7) is 3.30. The molecule has 80 valence electrons. The van der Waals surface area contributed by atoms with Gasteiger partial charge >= 0.3 is 0 Å². The molecule has 2 fully saturated rings. The second-order valence-electron chi connectivity index (χ2n) is 4.90. The van der Waals surface area contributed by atoms with Crippen molar-refractivity contribution >= 4 is 5.91 Å². The zero-order valence-electron chi connectivity index (χ0n) is 9.01. The summed E-state index contributed by atoms with van der Waals surface area (Å²) in [5.74, 6) is 0.251. The van der Waals surface area contributed by atoms with Crippen LogP contribution in [0, 0.1) is 5.41 Å². The third kappa shape index (κ3) is 2.08. The summed E-state index contributed by atoms with van der Waals surface area (Å²) in [5, 5.41) is 2.97. The molecule has 0 aromatic rings. The fraction of sp³-hybridized carbons (Fsp3) is 0.909. The van der Waals surface area contributed by atoms with Gasteiger partial charge < -0.3 is 10.2 Å². The van der Waals surface area contributed by atoms with E-state index in [-0.39, 0.29) is 5.91 Å². The average molecular weight is 196 g/mol. The number of carbonyl (C=O) groups is 1. The Morgan fingerprint density at radius 1 is 1.21 bits per heavy atom. The van der Waals surface area contributed by atoms with Gasteiger partial charge in [0, 0.05) is 13.0 Å². The third-order valence-corrected chi connectivity index (χ3v) is 3.91. The second kappa shape index (κ2) is 3.89. The van der Waals surface area contributed by atoms with Gasteiger partial charge in [-0.1, -0.05) is 0 Å². The maximum absolute atomic E-state index is 11.3. The van der Waals surface area contributed by atoms with Crippen LogP contribution >= 0.6 is 0 Å². The van der Waals surface area contributed by atoms with Crippen molar-refractivity contribution in [1.82, 2.24) is 10.2 Å². The van der Waals surface area contributed by atoms with Crippen LogP contribution in [0.1, 0.15) is 32.1 Å². The Kier molecular flexibility index (Phi) is 2.77. The highest BCUT2D eigenvalue weighted by molar-refractivity contribution is 5.76. The van der Waals surface area contributed by atoms with Crippen LogP contribution in [0.5, 0.6) is 0 Å². The standard InChI is InChI=1S/C11H20N2O/c1-13-8-5-11(6-9-13)3-2-10(14)12-7-4-11/h2-9H2,1H3,(H,12,14). The van der Waals surface area contributed by atoms with Gasteiger partial charge in [0.1, 0.15) is 0 Å². The minimum absolute atomic E-state index is 0.251. The van der Waals surface area contributed by atoms with Gasteiger partial charge in [0.2, 0.25) is 5.91 Å². The summed E-state index contributed by atoms with van der Waals surface area (Å²) in [5.41, 5.74) is 0.478. The Morgan fingerprint density at radius 3 is 2.64 bits per heavy atom. The number of piperidine rings is 1. The number of carbonyl (C=O) groups excluding carboxylic acids is 1. The second-order valence-corrected chi connectivity index (χ2v) is 4.90. The van der Waals surface area contributed by atoms with Crippen LogP contribution in [0.4, 0.5) is 0 Å². The van der Waals surface area contributed by atoms with E-state index in [4.69, 9.17) is 0 Å². The topological polar surface area (TPSA) is 32.3 Å². The van der Waals surface area contributed by atoms with Crippen molar-refractivity contribution in [2.24, 2.45) is 5.41 Å². The molecule has 0 unspecified atom stereocenters. The van der Waals surface area contributed by atoms with Gasteiger partial charge in [0.05, 0.1) is 0 Å². The minimum Gasteiger partial charge on any atom is -0.356 e. The Labute approximate surface area is 85.8 Å². The van der Waals surface area contributed by atoms with Gasteiger partial charge in [-0.05, 0) is 51.2 Å². The number of amides is 1. The molecule has 14 heavy (non-hydrogen) atoms. The summed E-state index contributed by atoms with van der Waals surface area (Å²) in [4.78, 5) is 13.6. The van der Waals surface area contributed by atoms with Gasteiger partial charge in [-0.3, -0.25) is 4.79 Å². The number of rotatable bonds is 0. The molecule has 0 atom stereocenters. The zero-order valence-corrected chi connectivity index (χ0v) is 9.01. The lowest BCUT2D eigenvalue weighted by atomic mass is 9.73. The summed E-state index contributed by atoms with van der Waals surface area (Å²) in [7, 11) is 2.19. The van der Waals surface area contributed by atoms with Crippen LogP contribution in [0.2, 0.25) is 0 Å². The highest BCUT2D eigenvalue weighted by Crippen LogP contribution is 2.39. The van der Waals surface area contributed by atoms with Crippen LogP contribution in [-0.4, -0.2) is 37.5 Å². The molecule has 0 aromatic carbocycles. The monoisotopic (exact) mass is 196 g/mol. The molecule has 3 heteroatoms. The quantitative estimate of drug-likeness (QED) is 0.627. The van der Waals surface area contributed by atoms with Crippen molar-refractivity contribution in [2.75, 3.05) is 26.7 Å². The molecule has 2 saturated heterocycles. The molecule has 0 aromatic heterocycles. The summed E-state index contributed by atoms with van der Waals surface area (Å²) < 4.78 is 0. The van der Waals surface area contributed by atoms with Gasteiger partial charge in [-0.2, -0.15) is 0 Å². The molecule has 2 aliphatic rings. The first-order chi connectivity index (χ1) is 6.70. The zero-order chi connectivity index (χ0) is 10.0. The molecule has 2 aliphatic heterocycles. The van der Waals surface area contributed by atoms with Crippen molar-refractivity contribution in [3.63, 3.8) is 0 Å². The van der Waals surface area contributed by atoms with Crippen molar-refractivity contribution in [3.05, 3.63) is 0 Å². The first kappa shape index (κ1) is 9.97. The number of nitrogens with one attached hydrogen (secondary N) is 1. The van der Waals surface area contributed by atoms with Crippen molar-refractivity contribution in [1.29, 1.82) is 0 Å². The molecular formula is C11H20N2O. The molecule has 1 amide bonds. The molecule has 0 bridgehead atoms. The van der Waals surface area contributed by atoms with Crippen molar-refractivity contribution < 1.29 is 4.79 Å². The van der Waals surface area contributed by atoms with Gasteiger partial charge in [0.25, 0.3) is 0 Å². The number of likely N-dealkylation sites (tertiary alicyclic amines) is 1. The van der Waals surface area contributed by atoms with Crippen LogP contribution in [0.15, 0.2) is 0 Å². The van der Waals surface area contributed by atoms with Crippen LogP contribution in [0.3, 0.4) is 0 Å². The number of hydrogen-bond acceptors (Lipinski definition) is 2. The molecule has 2 heterocycles. The average Bonchev–Trinajstić information content (AvgIpc) is 2.36. The molecule has 0 aliphatic carbocycles. The largest absolute Gasteiger partial charge is 0.356 e. The molecule has 3 nitrogen and oxygen atoms in total. The van der Waals surface area contributed by atoms with E-state index in [0.717, 1.165) is 19.4 Å². The van der Waals surface area contributed by atoms with Crippen molar-refractivity contribution in [3.8, 4) is 0 Å². The molecular weight excluding hydrogens is 176 g/mol. The summed E-state index contributed by atoms with van der Waals surface area (Å²) >= 11 is 0. The van der Waals surface area contributed by atoms with Gasteiger partial charge in [0.15, 0.2) is 0 Å². The van der Waals surface area contributed by atoms with Gasteiger partial charge in [-0.15, -0.1) is 0 Å². The van der Waals surface area contributed by atoms with E-state index in [1.807, 2.05) is 0 Å². The van der Waals surface area contributed by atoms with E-state index in [0.29, 0.717) is 5.41 Å². The van der Waals surface area contributed by atoms with Crippen molar-refractivity contribution in [2.45, 2.75) is 32.1 Å². The summed E-state index contributed by atoms with van der Waals surface area (Å²) in [6.07, 6.45) is 5.58. The number of nitrogens with zero attached hydrogens (tertiary/aromatic N) is 1. The lowest BCUT2D eigenvalue weighted by Crippen LogP contribution is -2.38. The molecule has 0 saturated carbocycles. The Hall–Kier alpha value is -0.570. The highest BCUT2D eigenvalue weighted by atomic mass is 16.1. The lowest BCUT2D eigenvalue weighted by Gasteiger charge is -2.39. The maximum Gasteiger partial charge on any atom is 0.220 e. The Bertz CT molecular complexity index is 219. The maximum atomic E-state index is 11.3. The predicted molar refractivity (Wildman–Crippen MR) is 56.0 cm³/mol. The van der Waals surface area contributed by atoms with Crippen LogP contribution < -0.4 is 5.32 Å². The minimum atomic E-state index is 0.251. The van der Waals surface area contributed by atoms with Gasteiger partial charge in [-0.25, -0.2) is 0 Å². The fourth-order valence-corrected chi connectivity index (χ4v) is 2.65. The van der Waals surface area contributed by atoms with E-state index in [2.05, 4.69) is 17.3 Å². The van der Waals surface area contributed by atoms with E-state index >= 15 is 0 Å². The molecule has 1 N–H and O–H groups in total. The SMILES string of the molecule is CN1CCC2(CCNC(=O)CC2)CC1. The van der Waals surface area contributed by atoms with E-state index < -0.39 is 0 Å². The van der Waals surface area contributed by atoms with E-state index in [1.54, 1.807) is 0 Å². The first-order valence-electron chi connectivity index (χ1n) is 5.66. The summed E-state index contributed by atoms with van der Waals surface area (Å²) in [6, 6.07) is 0. The third-order valence-electron chi connectivity index (χ3n) is 3.91. The fourth-order valence-electron chi connectivity index (χ4n) is 2.65.